The second-order valence-corrected chi connectivity index (χ2v) is 5.88. The minimum atomic E-state index is -0.0294. The van der Waals surface area contributed by atoms with Crippen molar-refractivity contribution in [3.63, 3.8) is 0 Å². The fourth-order valence-electron chi connectivity index (χ4n) is 3.02. The summed E-state index contributed by atoms with van der Waals surface area (Å²) in [7, 11) is 0. The summed E-state index contributed by atoms with van der Waals surface area (Å²) in [6.45, 7) is 1.07. The highest BCUT2D eigenvalue weighted by Crippen LogP contribution is 2.44. The molecule has 0 saturated heterocycles. The molecule has 1 unspecified atom stereocenters. The van der Waals surface area contributed by atoms with E-state index < -0.39 is 0 Å². The molecule has 5 heteroatoms. The summed E-state index contributed by atoms with van der Waals surface area (Å²) in [6.07, 6.45) is 0.396. The second kappa shape index (κ2) is 5.21. The predicted molar refractivity (Wildman–Crippen MR) is 84.0 cm³/mol. The summed E-state index contributed by atoms with van der Waals surface area (Å²) in [5.74, 6) is 1.37. The molecular formula is C17H14ClNO3. The van der Waals surface area contributed by atoms with Gasteiger partial charge in [0.25, 0.3) is 0 Å². The molecule has 2 heterocycles. The maximum absolute atomic E-state index is 12.0. The van der Waals surface area contributed by atoms with Crippen LogP contribution in [0.2, 0.25) is 5.02 Å². The van der Waals surface area contributed by atoms with Crippen LogP contribution < -0.4 is 14.8 Å². The average molecular weight is 316 g/mol. The summed E-state index contributed by atoms with van der Waals surface area (Å²) < 4.78 is 11.2. The molecule has 4 rings (SSSR count). The van der Waals surface area contributed by atoms with E-state index in [2.05, 4.69) is 5.32 Å². The zero-order valence-electron chi connectivity index (χ0n) is 11.8. The summed E-state index contributed by atoms with van der Waals surface area (Å²) in [6, 6.07) is 11.5. The van der Waals surface area contributed by atoms with Crippen molar-refractivity contribution in [1.29, 1.82) is 0 Å². The third-order valence-corrected chi connectivity index (χ3v) is 4.24. The van der Waals surface area contributed by atoms with E-state index in [0.717, 1.165) is 22.6 Å². The number of halogens is 1. The first-order chi connectivity index (χ1) is 10.7. The minimum absolute atomic E-state index is 0.00541. The maximum Gasteiger partial charge on any atom is 0.225 e. The van der Waals surface area contributed by atoms with Gasteiger partial charge < -0.3 is 14.8 Å². The summed E-state index contributed by atoms with van der Waals surface area (Å²) in [5.41, 5.74) is 2.84. The molecule has 1 atom stereocenters. The van der Waals surface area contributed by atoms with E-state index in [1.165, 1.54) is 0 Å². The lowest BCUT2D eigenvalue weighted by Gasteiger charge is -2.29. The Balaban J connectivity index is 1.84. The molecule has 0 spiro atoms. The number of carbonyl (C=O) groups excluding carboxylic acids is 1. The Morgan fingerprint density at radius 2 is 1.86 bits per heavy atom. The normalized spacial score (nSPS) is 19.3. The fraction of sp³-hybridized carbons (Fsp3) is 0.235. The van der Waals surface area contributed by atoms with Gasteiger partial charge in [-0.05, 0) is 29.3 Å². The van der Waals surface area contributed by atoms with Gasteiger partial charge in [-0.3, -0.25) is 4.79 Å². The van der Waals surface area contributed by atoms with Crippen LogP contribution in [0.1, 0.15) is 23.5 Å². The molecular weight excluding hydrogens is 302 g/mol. The Labute approximate surface area is 133 Å². The number of rotatable bonds is 1. The van der Waals surface area contributed by atoms with Gasteiger partial charge in [0.05, 0.1) is 0 Å². The standard InChI is InChI=1S/C17H14ClNO3/c18-11-3-1-2-10(6-11)12-8-17(20)19-14-9-16-15(7-13(12)14)21-4-5-22-16/h1-3,6-7,9,12H,4-5,8H2,(H,19,20). The van der Waals surface area contributed by atoms with E-state index in [4.69, 9.17) is 21.1 Å². The molecule has 112 valence electrons. The van der Waals surface area contributed by atoms with Crippen LogP contribution in [0.25, 0.3) is 0 Å². The Kier molecular flexibility index (Phi) is 3.19. The lowest BCUT2D eigenvalue weighted by atomic mass is 9.84. The van der Waals surface area contributed by atoms with Crippen LogP contribution in [0.3, 0.4) is 0 Å². The van der Waals surface area contributed by atoms with Gasteiger partial charge in [0.2, 0.25) is 5.91 Å². The first-order valence-corrected chi connectivity index (χ1v) is 7.57. The molecule has 2 aliphatic heterocycles. The predicted octanol–water partition coefficient (Wildman–Crippen LogP) is 3.59. The first kappa shape index (κ1) is 13.5. The highest BCUT2D eigenvalue weighted by atomic mass is 35.5. The molecule has 2 aromatic rings. The fourth-order valence-corrected chi connectivity index (χ4v) is 3.22. The van der Waals surface area contributed by atoms with Crippen LogP contribution in [-0.4, -0.2) is 19.1 Å². The van der Waals surface area contributed by atoms with Crippen molar-refractivity contribution < 1.29 is 14.3 Å². The van der Waals surface area contributed by atoms with Crippen molar-refractivity contribution in [3.05, 3.63) is 52.5 Å². The van der Waals surface area contributed by atoms with Gasteiger partial charge in [0.15, 0.2) is 11.5 Å². The lowest BCUT2D eigenvalue weighted by Crippen LogP contribution is -2.24. The van der Waals surface area contributed by atoms with E-state index in [0.29, 0.717) is 30.4 Å². The zero-order valence-corrected chi connectivity index (χ0v) is 12.5. The molecule has 1 amide bonds. The van der Waals surface area contributed by atoms with E-state index in [1.807, 2.05) is 36.4 Å². The molecule has 1 N–H and O–H groups in total. The highest BCUT2D eigenvalue weighted by molar-refractivity contribution is 6.30. The third-order valence-electron chi connectivity index (χ3n) is 4.00. The molecule has 22 heavy (non-hydrogen) atoms. The van der Waals surface area contributed by atoms with Gasteiger partial charge in [0, 0.05) is 29.1 Å². The molecule has 0 radical (unpaired) electrons. The Bertz CT molecular complexity index is 760. The van der Waals surface area contributed by atoms with Gasteiger partial charge in [-0.25, -0.2) is 0 Å². The molecule has 2 aromatic carbocycles. The number of hydrogen-bond acceptors (Lipinski definition) is 3. The summed E-state index contributed by atoms with van der Waals surface area (Å²) in [4.78, 5) is 12.0. The lowest BCUT2D eigenvalue weighted by molar-refractivity contribution is -0.116. The molecule has 0 aliphatic carbocycles. The zero-order chi connectivity index (χ0) is 15.1. The van der Waals surface area contributed by atoms with Crippen LogP contribution >= 0.6 is 11.6 Å². The van der Waals surface area contributed by atoms with Gasteiger partial charge >= 0.3 is 0 Å². The van der Waals surface area contributed by atoms with Gasteiger partial charge in [-0.15, -0.1) is 0 Å². The Morgan fingerprint density at radius 3 is 2.64 bits per heavy atom. The SMILES string of the molecule is O=C1CC(c2cccc(Cl)c2)c2cc3c(cc2N1)OCCO3. The quantitative estimate of drug-likeness (QED) is 0.875. The van der Waals surface area contributed by atoms with Crippen LogP contribution in [0, 0.1) is 0 Å². The van der Waals surface area contributed by atoms with Crippen molar-refractivity contribution in [3.8, 4) is 11.5 Å². The Hall–Kier alpha value is -2.20. The number of amides is 1. The van der Waals surface area contributed by atoms with Crippen LogP contribution in [-0.2, 0) is 4.79 Å². The van der Waals surface area contributed by atoms with Crippen molar-refractivity contribution in [2.75, 3.05) is 18.5 Å². The monoisotopic (exact) mass is 315 g/mol. The van der Waals surface area contributed by atoms with Gasteiger partial charge in [0.1, 0.15) is 13.2 Å². The molecule has 4 nitrogen and oxygen atoms in total. The number of ether oxygens (including phenoxy) is 2. The average Bonchev–Trinajstić information content (AvgIpc) is 2.52. The van der Waals surface area contributed by atoms with Crippen molar-refractivity contribution in [2.24, 2.45) is 0 Å². The topological polar surface area (TPSA) is 47.6 Å². The minimum Gasteiger partial charge on any atom is -0.486 e. The number of anilines is 1. The number of carbonyl (C=O) groups is 1. The Morgan fingerprint density at radius 1 is 1.09 bits per heavy atom. The van der Waals surface area contributed by atoms with E-state index in [-0.39, 0.29) is 11.8 Å². The van der Waals surface area contributed by atoms with E-state index in [1.54, 1.807) is 0 Å². The smallest absolute Gasteiger partial charge is 0.225 e. The maximum atomic E-state index is 12.0. The van der Waals surface area contributed by atoms with Crippen LogP contribution in [0.15, 0.2) is 36.4 Å². The van der Waals surface area contributed by atoms with Crippen LogP contribution in [0.5, 0.6) is 11.5 Å². The molecule has 0 saturated carbocycles. The van der Waals surface area contributed by atoms with Crippen molar-refractivity contribution in [2.45, 2.75) is 12.3 Å². The van der Waals surface area contributed by atoms with Crippen molar-refractivity contribution >= 4 is 23.2 Å². The first-order valence-electron chi connectivity index (χ1n) is 7.19. The highest BCUT2D eigenvalue weighted by Gasteiger charge is 2.29. The van der Waals surface area contributed by atoms with E-state index >= 15 is 0 Å². The summed E-state index contributed by atoms with van der Waals surface area (Å²) in [5, 5.41) is 3.59. The second-order valence-electron chi connectivity index (χ2n) is 5.44. The number of nitrogens with one attached hydrogen (secondary N) is 1. The number of fused-ring (bicyclic) bond motifs is 2. The van der Waals surface area contributed by atoms with Crippen molar-refractivity contribution in [1.82, 2.24) is 0 Å². The number of benzene rings is 2. The van der Waals surface area contributed by atoms with Crippen LogP contribution in [0.4, 0.5) is 5.69 Å². The summed E-state index contributed by atoms with van der Waals surface area (Å²) >= 11 is 6.10. The third kappa shape index (κ3) is 2.29. The number of hydrogen-bond donors (Lipinski definition) is 1. The van der Waals surface area contributed by atoms with Gasteiger partial charge in [-0.2, -0.15) is 0 Å². The van der Waals surface area contributed by atoms with Gasteiger partial charge in [-0.1, -0.05) is 23.7 Å². The molecule has 2 aliphatic rings. The molecule has 0 fully saturated rings. The molecule has 0 bridgehead atoms. The molecule has 0 aromatic heterocycles. The van der Waals surface area contributed by atoms with E-state index in [9.17, 15) is 4.79 Å². The largest absolute Gasteiger partial charge is 0.486 e.